The van der Waals surface area contributed by atoms with Crippen LogP contribution in [0.4, 0.5) is 0 Å². The molecule has 2 unspecified atom stereocenters. The lowest BCUT2D eigenvalue weighted by Gasteiger charge is -2.18. The molecule has 1 aromatic carbocycles. The van der Waals surface area contributed by atoms with Gasteiger partial charge in [-0.05, 0) is 24.1 Å². The first-order valence-electron chi connectivity index (χ1n) is 5.65. The van der Waals surface area contributed by atoms with Gasteiger partial charge in [0.05, 0.1) is 29.7 Å². The van der Waals surface area contributed by atoms with Crippen molar-refractivity contribution < 1.29 is 18.3 Å². The minimum absolute atomic E-state index is 0.0408. The van der Waals surface area contributed by atoms with Crippen LogP contribution >= 0.6 is 11.6 Å². The molecular weight excluding hydrogens is 276 g/mol. The van der Waals surface area contributed by atoms with E-state index in [0.717, 1.165) is 0 Å². The van der Waals surface area contributed by atoms with Gasteiger partial charge < -0.3 is 9.84 Å². The van der Waals surface area contributed by atoms with Crippen LogP contribution in [0, 0.1) is 5.92 Å². The number of halogens is 1. The summed E-state index contributed by atoms with van der Waals surface area (Å²) in [6.07, 6.45) is -0.303. The van der Waals surface area contributed by atoms with Crippen molar-refractivity contribution in [2.45, 2.75) is 12.5 Å². The molecular formula is C12H15ClO4S. The highest BCUT2D eigenvalue weighted by Crippen LogP contribution is 2.34. The fourth-order valence-electron chi connectivity index (χ4n) is 2.21. The fraction of sp³-hybridized carbons (Fsp3) is 0.500. The smallest absolute Gasteiger partial charge is 0.150 e. The summed E-state index contributed by atoms with van der Waals surface area (Å²) in [5, 5.41) is 10.7. The maximum Gasteiger partial charge on any atom is 0.150 e. The second-order valence-corrected chi connectivity index (χ2v) is 7.14. The molecule has 4 nitrogen and oxygen atoms in total. The highest BCUT2D eigenvalue weighted by molar-refractivity contribution is 7.91. The third-order valence-corrected chi connectivity index (χ3v) is 5.34. The summed E-state index contributed by atoms with van der Waals surface area (Å²) in [7, 11) is -1.49. The minimum Gasteiger partial charge on any atom is -0.495 e. The van der Waals surface area contributed by atoms with Crippen LogP contribution in [0.1, 0.15) is 18.1 Å². The summed E-state index contributed by atoms with van der Waals surface area (Å²) < 4.78 is 27.9. The number of benzene rings is 1. The molecule has 0 radical (unpaired) electrons. The lowest BCUT2D eigenvalue weighted by atomic mass is 9.95. The van der Waals surface area contributed by atoms with Gasteiger partial charge in [0.1, 0.15) is 5.75 Å². The van der Waals surface area contributed by atoms with Crippen molar-refractivity contribution in [2.75, 3.05) is 18.6 Å². The van der Waals surface area contributed by atoms with E-state index in [2.05, 4.69) is 0 Å². The average molecular weight is 291 g/mol. The Labute approximate surface area is 111 Å². The first-order chi connectivity index (χ1) is 8.43. The van der Waals surface area contributed by atoms with E-state index < -0.39 is 15.9 Å². The van der Waals surface area contributed by atoms with Crippen molar-refractivity contribution in [1.82, 2.24) is 0 Å². The molecule has 0 spiro atoms. The molecule has 1 aromatic rings. The highest BCUT2D eigenvalue weighted by Gasteiger charge is 2.33. The van der Waals surface area contributed by atoms with Crippen LogP contribution < -0.4 is 4.74 Å². The fourth-order valence-corrected chi connectivity index (χ4v) is 4.23. The SMILES string of the molecule is COc1cc(C(O)C2CCS(=O)(=O)C2)ccc1Cl. The maximum absolute atomic E-state index is 11.4. The topological polar surface area (TPSA) is 63.6 Å². The van der Waals surface area contributed by atoms with Crippen LogP contribution in [0.15, 0.2) is 18.2 Å². The van der Waals surface area contributed by atoms with E-state index in [1.54, 1.807) is 18.2 Å². The average Bonchev–Trinajstić information content (AvgIpc) is 2.69. The molecule has 0 aromatic heterocycles. The number of rotatable bonds is 3. The van der Waals surface area contributed by atoms with Crippen LogP contribution in [-0.2, 0) is 9.84 Å². The van der Waals surface area contributed by atoms with Gasteiger partial charge >= 0.3 is 0 Å². The van der Waals surface area contributed by atoms with Gasteiger partial charge in [-0.25, -0.2) is 8.42 Å². The Morgan fingerprint density at radius 1 is 1.50 bits per heavy atom. The summed E-state index contributed by atoms with van der Waals surface area (Å²) in [5.74, 6) is 0.424. The minimum atomic E-state index is -2.99. The third kappa shape index (κ3) is 2.79. The molecule has 0 aliphatic carbocycles. The summed E-state index contributed by atoms with van der Waals surface area (Å²) in [5.41, 5.74) is 0.637. The Bertz CT molecular complexity index is 541. The first kappa shape index (κ1) is 13.6. The molecule has 0 bridgehead atoms. The standard InChI is InChI=1S/C12H15ClO4S/c1-17-11-6-8(2-3-10(11)13)12(14)9-4-5-18(15,16)7-9/h2-3,6,9,12,14H,4-5,7H2,1H3. The van der Waals surface area contributed by atoms with Crippen molar-refractivity contribution in [1.29, 1.82) is 0 Å². The molecule has 100 valence electrons. The second kappa shape index (κ2) is 5.07. The Hall–Kier alpha value is -0.780. The summed E-state index contributed by atoms with van der Waals surface area (Å²) in [6, 6.07) is 4.99. The molecule has 1 aliphatic rings. The summed E-state index contributed by atoms with van der Waals surface area (Å²) in [6.45, 7) is 0. The van der Waals surface area contributed by atoms with Gasteiger partial charge in [-0.2, -0.15) is 0 Å². The van der Waals surface area contributed by atoms with Gasteiger partial charge in [0.25, 0.3) is 0 Å². The number of methoxy groups -OCH3 is 1. The summed E-state index contributed by atoms with van der Waals surface area (Å²) in [4.78, 5) is 0. The number of sulfone groups is 1. The van der Waals surface area contributed by atoms with Crippen molar-refractivity contribution in [3.8, 4) is 5.75 Å². The molecule has 1 heterocycles. The predicted octanol–water partition coefficient (Wildman–Crippen LogP) is 1.82. The second-order valence-electron chi connectivity index (χ2n) is 4.50. The zero-order valence-corrected chi connectivity index (χ0v) is 11.5. The largest absolute Gasteiger partial charge is 0.495 e. The van der Waals surface area contributed by atoms with E-state index >= 15 is 0 Å². The van der Waals surface area contributed by atoms with E-state index in [9.17, 15) is 13.5 Å². The lowest BCUT2D eigenvalue weighted by Crippen LogP contribution is -2.14. The van der Waals surface area contributed by atoms with E-state index in [-0.39, 0.29) is 17.4 Å². The van der Waals surface area contributed by atoms with Crippen LogP contribution in [-0.4, -0.2) is 32.1 Å². The lowest BCUT2D eigenvalue weighted by molar-refractivity contribution is 0.121. The molecule has 0 amide bonds. The summed E-state index contributed by atoms with van der Waals surface area (Å²) >= 11 is 5.90. The zero-order valence-electron chi connectivity index (χ0n) is 9.97. The molecule has 1 fully saturated rings. The van der Waals surface area contributed by atoms with E-state index in [4.69, 9.17) is 16.3 Å². The van der Waals surface area contributed by atoms with Crippen molar-refractivity contribution in [3.63, 3.8) is 0 Å². The molecule has 18 heavy (non-hydrogen) atoms. The Kier molecular flexibility index (Phi) is 3.84. The molecule has 0 saturated carbocycles. The molecule has 2 rings (SSSR count). The normalized spacial score (nSPS) is 23.8. The number of hydrogen-bond acceptors (Lipinski definition) is 4. The molecule has 1 saturated heterocycles. The van der Waals surface area contributed by atoms with Crippen LogP contribution in [0.25, 0.3) is 0 Å². The highest BCUT2D eigenvalue weighted by atomic mass is 35.5. The Balaban J connectivity index is 2.21. The van der Waals surface area contributed by atoms with Gasteiger partial charge in [0.2, 0.25) is 0 Å². The van der Waals surface area contributed by atoms with Gasteiger partial charge in [-0.3, -0.25) is 0 Å². The van der Waals surface area contributed by atoms with E-state index in [0.29, 0.717) is 22.8 Å². The molecule has 2 atom stereocenters. The van der Waals surface area contributed by atoms with Crippen LogP contribution in [0.3, 0.4) is 0 Å². The van der Waals surface area contributed by atoms with Gasteiger partial charge in [-0.1, -0.05) is 17.7 Å². The van der Waals surface area contributed by atoms with Crippen LogP contribution in [0.2, 0.25) is 5.02 Å². The van der Waals surface area contributed by atoms with Crippen molar-refractivity contribution in [3.05, 3.63) is 28.8 Å². The maximum atomic E-state index is 11.4. The third-order valence-electron chi connectivity index (χ3n) is 3.23. The molecule has 1 aliphatic heterocycles. The molecule has 6 heteroatoms. The number of aliphatic hydroxyl groups is 1. The van der Waals surface area contributed by atoms with E-state index in [1.165, 1.54) is 7.11 Å². The van der Waals surface area contributed by atoms with Gasteiger partial charge in [-0.15, -0.1) is 0 Å². The Morgan fingerprint density at radius 3 is 2.78 bits per heavy atom. The quantitative estimate of drug-likeness (QED) is 0.922. The van der Waals surface area contributed by atoms with Crippen molar-refractivity contribution in [2.24, 2.45) is 5.92 Å². The van der Waals surface area contributed by atoms with Gasteiger partial charge in [0.15, 0.2) is 9.84 Å². The van der Waals surface area contributed by atoms with Crippen molar-refractivity contribution >= 4 is 21.4 Å². The predicted molar refractivity (Wildman–Crippen MR) is 69.7 cm³/mol. The monoisotopic (exact) mass is 290 g/mol. The van der Waals surface area contributed by atoms with Gasteiger partial charge in [0, 0.05) is 5.92 Å². The number of hydrogen-bond donors (Lipinski definition) is 1. The van der Waals surface area contributed by atoms with Crippen LogP contribution in [0.5, 0.6) is 5.75 Å². The first-order valence-corrected chi connectivity index (χ1v) is 7.85. The zero-order chi connectivity index (χ0) is 13.3. The Morgan fingerprint density at radius 2 is 2.22 bits per heavy atom. The molecule has 1 N–H and O–H groups in total. The van der Waals surface area contributed by atoms with E-state index in [1.807, 2.05) is 0 Å². The number of ether oxygens (including phenoxy) is 1. The number of aliphatic hydroxyl groups excluding tert-OH is 1.